The van der Waals surface area contributed by atoms with Gasteiger partial charge in [-0.15, -0.1) is 0 Å². The van der Waals surface area contributed by atoms with Crippen LogP contribution in [0.5, 0.6) is 0 Å². The minimum atomic E-state index is 0.389. The van der Waals surface area contributed by atoms with Gasteiger partial charge in [0.2, 0.25) is 0 Å². The molecule has 1 unspecified atom stereocenters. The van der Waals surface area contributed by atoms with Crippen LogP contribution in [0.4, 0.5) is 0 Å². The number of hydrogen-bond donors (Lipinski definition) is 1. The Labute approximate surface area is 136 Å². The van der Waals surface area contributed by atoms with E-state index in [9.17, 15) is 0 Å². The molecule has 2 nitrogen and oxygen atoms in total. The van der Waals surface area contributed by atoms with Gasteiger partial charge in [-0.2, -0.15) is 0 Å². The Bertz CT molecular complexity index is 567. The molecule has 0 fully saturated rings. The summed E-state index contributed by atoms with van der Waals surface area (Å²) >= 11 is 3.59. The number of likely N-dealkylation sites (N-methyl/N-ethyl adjacent to an activating group) is 1. The number of hydrogen-bond acceptors (Lipinski definition) is 2. The van der Waals surface area contributed by atoms with Gasteiger partial charge in [0.15, 0.2) is 0 Å². The van der Waals surface area contributed by atoms with E-state index in [1.165, 1.54) is 21.2 Å². The lowest BCUT2D eigenvalue weighted by molar-refractivity contribution is 0.288. The van der Waals surface area contributed by atoms with Crippen LogP contribution in [0.3, 0.4) is 0 Å². The first-order chi connectivity index (χ1) is 10.1. The number of nitrogens with zero attached hydrogens (tertiary/aromatic N) is 1. The molecule has 0 aromatic heterocycles. The number of benzene rings is 2. The van der Waals surface area contributed by atoms with Crippen LogP contribution < -0.4 is 5.32 Å². The van der Waals surface area contributed by atoms with Gasteiger partial charge in [-0.3, -0.25) is 0 Å². The monoisotopic (exact) mass is 346 g/mol. The molecule has 0 spiro atoms. The molecular weight excluding hydrogens is 324 g/mol. The maximum Gasteiger partial charge on any atom is 0.0466 e. The topological polar surface area (TPSA) is 15.3 Å². The fourth-order valence-electron chi connectivity index (χ4n) is 2.37. The Morgan fingerprint density at radius 1 is 1.10 bits per heavy atom. The normalized spacial score (nSPS) is 12.6. The van der Waals surface area contributed by atoms with Crippen LogP contribution in [0.25, 0.3) is 0 Å². The third kappa shape index (κ3) is 4.67. The van der Waals surface area contributed by atoms with Gasteiger partial charge in [0.25, 0.3) is 0 Å². The van der Waals surface area contributed by atoms with Crippen molar-refractivity contribution in [2.45, 2.75) is 19.5 Å². The predicted molar refractivity (Wildman–Crippen MR) is 93.5 cm³/mol. The van der Waals surface area contributed by atoms with Gasteiger partial charge < -0.3 is 10.2 Å². The molecule has 0 radical (unpaired) electrons. The van der Waals surface area contributed by atoms with Crippen molar-refractivity contribution in [1.82, 2.24) is 10.2 Å². The van der Waals surface area contributed by atoms with Crippen LogP contribution >= 0.6 is 15.9 Å². The molecular formula is C18H23BrN2. The molecule has 2 rings (SSSR count). The van der Waals surface area contributed by atoms with Gasteiger partial charge in [-0.05, 0) is 43.8 Å². The summed E-state index contributed by atoms with van der Waals surface area (Å²) in [6, 6.07) is 17.6. The number of nitrogens with one attached hydrogen (secondary N) is 1. The van der Waals surface area contributed by atoms with Crippen LogP contribution in [0, 0.1) is 6.92 Å². The summed E-state index contributed by atoms with van der Waals surface area (Å²) in [7, 11) is 4.25. The zero-order chi connectivity index (χ0) is 15.2. The molecule has 3 heteroatoms. The van der Waals surface area contributed by atoms with E-state index < -0.39 is 0 Å². The molecule has 0 saturated heterocycles. The number of aryl methyl sites for hydroxylation is 1. The van der Waals surface area contributed by atoms with E-state index >= 15 is 0 Å². The van der Waals surface area contributed by atoms with Crippen molar-refractivity contribution < 1.29 is 0 Å². The van der Waals surface area contributed by atoms with Crippen molar-refractivity contribution >= 4 is 15.9 Å². The molecule has 2 aromatic carbocycles. The van der Waals surface area contributed by atoms with E-state index in [2.05, 4.69) is 95.7 Å². The highest BCUT2D eigenvalue weighted by atomic mass is 79.9. The molecule has 0 heterocycles. The molecule has 0 amide bonds. The van der Waals surface area contributed by atoms with Gasteiger partial charge in [0.05, 0.1) is 0 Å². The quantitative estimate of drug-likeness (QED) is 0.845. The van der Waals surface area contributed by atoms with E-state index in [-0.39, 0.29) is 0 Å². The van der Waals surface area contributed by atoms with Crippen LogP contribution in [0.2, 0.25) is 0 Å². The van der Waals surface area contributed by atoms with Crippen molar-refractivity contribution in [3.63, 3.8) is 0 Å². The minimum Gasteiger partial charge on any atom is -0.311 e. The maximum atomic E-state index is 3.59. The number of rotatable bonds is 6. The summed E-state index contributed by atoms with van der Waals surface area (Å²) in [5, 5.41) is 3.57. The van der Waals surface area contributed by atoms with Gasteiger partial charge >= 0.3 is 0 Å². The van der Waals surface area contributed by atoms with Crippen LogP contribution in [-0.2, 0) is 6.54 Å². The zero-order valence-corrected chi connectivity index (χ0v) is 14.5. The highest BCUT2D eigenvalue weighted by molar-refractivity contribution is 9.10. The third-order valence-corrected chi connectivity index (χ3v) is 4.57. The molecule has 1 N–H and O–H groups in total. The van der Waals surface area contributed by atoms with Gasteiger partial charge in [0.1, 0.15) is 0 Å². The van der Waals surface area contributed by atoms with E-state index in [1.807, 2.05) is 0 Å². The summed E-state index contributed by atoms with van der Waals surface area (Å²) in [6.45, 7) is 3.93. The van der Waals surface area contributed by atoms with Crippen LogP contribution in [0.1, 0.15) is 22.7 Å². The highest BCUT2D eigenvalue weighted by Crippen LogP contribution is 2.19. The first kappa shape index (κ1) is 16.2. The summed E-state index contributed by atoms with van der Waals surface area (Å²) in [4.78, 5) is 2.26. The summed E-state index contributed by atoms with van der Waals surface area (Å²) in [5.41, 5.74) is 3.92. The molecule has 112 valence electrons. The Morgan fingerprint density at radius 2 is 1.81 bits per heavy atom. The standard InChI is InChI=1S/C18H23BrN2/c1-14-9-10-15(11-17(14)19)12-20-13-18(21(2)3)16-7-5-4-6-8-16/h4-11,18,20H,12-13H2,1-3H3. The van der Waals surface area contributed by atoms with Crippen molar-refractivity contribution in [2.75, 3.05) is 20.6 Å². The molecule has 21 heavy (non-hydrogen) atoms. The van der Waals surface area contributed by atoms with E-state index in [1.54, 1.807) is 0 Å². The molecule has 2 aromatic rings. The van der Waals surface area contributed by atoms with Gasteiger partial charge in [-0.1, -0.05) is 58.4 Å². The molecule has 0 aliphatic carbocycles. The van der Waals surface area contributed by atoms with Gasteiger partial charge in [0, 0.05) is 23.6 Å². The lowest BCUT2D eigenvalue weighted by atomic mass is 10.1. The average molecular weight is 347 g/mol. The lowest BCUT2D eigenvalue weighted by Crippen LogP contribution is -2.30. The van der Waals surface area contributed by atoms with E-state index in [4.69, 9.17) is 0 Å². The lowest BCUT2D eigenvalue weighted by Gasteiger charge is -2.25. The summed E-state index contributed by atoms with van der Waals surface area (Å²) in [5.74, 6) is 0. The highest BCUT2D eigenvalue weighted by Gasteiger charge is 2.12. The summed E-state index contributed by atoms with van der Waals surface area (Å²) in [6.07, 6.45) is 0. The maximum absolute atomic E-state index is 3.59. The first-order valence-corrected chi connectivity index (χ1v) is 8.04. The fraction of sp³-hybridized carbons (Fsp3) is 0.333. The van der Waals surface area contributed by atoms with Crippen LogP contribution in [-0.4, -0.2) is 25.5 Å². The van der Waals surface area contributed by atoms with Crippen molar-refractivity contribution in [3.8, 4) is 0 Å². The predicted octanol–water partition coefficient (Wildman–Crippen LogP) is 4.15. The average Bonchev–Trinajstić information content (AvgIpc) is 2.48. The Hall–Kier alpha value is -1.16. The van der Waals surface area contributed by atoms with E-state index in [0.717, 1.165) is 13.1 Å². The zero-order valence-electron chi connectivity index (χ0n) is 12.9. The van der Waals surface area contributed by atoms with Crippen molar-refractivity contribution in [3.05, 3.63) is 69.7 Å². The molecule has 0 bridgehead atoms. The molecule has 0 saturated carbocycles. The van der Waals surface area contributed by atoms with Crippen LogP contribution in [0.15, 0.2) is 53.0 Å². The van der Waals surface area contributed by atoms with Crippen molar-refractivity contribution in [1.29, 1.82) is 0 Å². The molecule has 0 aliphatic heterocycles. The second-order valence-corrected chi connectivity index (χ2v) is 6.46. The second kappa shape index (κ2) is 7.74. The fourth-order valence-corrected chi connectivity index (χ4v) is 2.80. The third-order valence-electron chi connectivity index (χ3n) is 3.71. The smallest absolute Gasteiger partial charge is 0.0466 e. The first-order valence-electron chi connectivity index (χ1n) is 7.25. The Balaban J connectivity index is 1.95. The largest absolute Gasteiger partial charge is 0.311 e. The van der Waals surface area contributed by atoms with Crippen molar-refractivity contribution in [2.24, 2.45) is 0 Å². The van der Waals surface area contributed by atoms with E-state index in [0.29, 0.717) is 6.04 Å². The molecule has 0 aliphatic rings. The minimum absolute atomic E-state index is 0.389. The number of halogens is 1. The Morgan fingerprint density at radius 3 is 2.43 bits per heavy atom. The SMILES string of the molecule is Cc1ccc(CNCC(c2ccccc2)N(C)C)cc1Br. The second-order valence-electron chi connectivity index (χ2n) is 5.60. The van der Waals surface area contributed by atoms with Gasteiger partial charge in [-0.25, -0.2) is 0 Å². The molecule has 1 atom stereocenters. The Kier molecular flexibility index (Phi) is 5.97. The summed E-state index contributed by atoms with van der Waals surface area (Å²) < 4.78 is 1.18.